The fraction of sp³-hybridized carbons (Fsp3) is 0.185. The van der Waals surface area contributed by atoms with Crippen LogP contribution in [0.15, 0.2) is 78.9 Å². The van der Waals surface area contributed by atoms with E-state index < -0.39 is 23.9 Å². The van der Waals surface area contributed by atoms with Crippen molar-refractivity contribution in [2.75, 3.05) is 5.32 Å². The molecule has 0 saturated heterocycles. The molecule has 3 N–H and O–H groups in total. The van der Waals surface area contributed by atoms with Gasteiger partial charge in [-0.1, -0.05) is 54.6 Å². The molecule has 1 aliphatic heterocycles. The maximum atomic E-state index is 13.2. The van der Waals surface area contributed by atoms with E-state index in [2.05, 4.69) is 16.0 Å². The van der Waals surface area contributed by atoms with Gasteiger partial charge in [0.1, 0.15) is 11.9 Å². The summed E-state index contributed by atoms with van der Waals surface area (Å²) in [4.78, 5) is 43.3. The summed E-state index contributed by atoms with van der Waals surface area (Å²) in [7, 11) is 1.92. The van der Waals surface area contributed by atoms with Crippen molar-refractivity contribution >= 4 is 34.4 Å². The monoisotopic (exact) mass is 467 g/mol. The van der Waals surface area contributed by atoms with Crippen molar-refractivity contribution in [3.05, 3.63) is 95.8 Å². The Morgan fingerprint density at radius 2 is 1.71 bits per heavy atom. The van der Waals surface area contributed by atoms with E-state index in [0.717, 1.165) is 16.6 Å². The van der Waals surface area contributed by atoms with E-state index in [0.29, 0.717) is 23.5 Å². The lowest BCUT2D eigenvalue weighted by molar-refractivity contribution is -0.126. The van der Waals surface area contributed by atoms with Crippen molar-refractivity contribution in [1.82, 2.24) is 20.2 Å². The Kier molecular flexibility index (Phi) is 6.01. The van der Waals surface area contributed by atoms with Gasteiger partial charge in [0.05, 0.1) is 34.7 Å². The number of carbonyl (C=O) groups excluding carboxylic acids is 3. The number of fused-ring (bicyclic) bond motifs is 2. The van der Waals surface area contributed by atoms with Gasteiger partial charge in [0, 0.05) is 7.05 Å². The van der Waals surface area contributed by atoms with Crippen LogP contribution in [0.1, 0.15) is 34.2 Å². The third-order valence-electron chi connectivity index (χ3n) is 6.19. The molecule has 1 aromatic heterocycles. The molecule has 0 bridgehead atoms. The molecule has 0 saturated carbocycles. The van der Waals surface area contributed by atoms with Gasteiger partial charge in [0.25, 0.3) is 5.91 Å². The van der Waals surface area contributed by atoms with Crippen LogP contribution in [0.5, 0.6) is 0 Å². The number of para-hydroxylation sites is 3. The lowest BCUT2D eigenvalue weighted by atomic mass is 10.0. The number of carbonyl (C=O) groups is 3. The number of rotatable bonds is 6. The molecule has 3 aromatic carbocycles. The van der Waals surface area contributed by atoms with Gasteiger partial charge in [-0.15, -0.1) is 0 Å². The molecular weight excluding hydrogens is 442 g/mol. The molecule has 2 heterocycles. The first-order valence-corrected chi connectivity index (χ1v) is 11.4. The molecule has 0 aliphatic carbocycles. The molecule has 2 unspecified atom stereocenters. The molecule has 1 aliphatic rings. The minimum Gasteiger partial charge on any atom is -0.346 e. The van der Waals surface area contributed by atoms with Gasteiger partial charge < -0.3 is 20.5 Å². The van der Waals surface area contributed by atoms with E-state index in [-0.39, 0.29) is 12.3 Å². The minimum absolute atomic E-state index is 0.194. The molecule has 8 nitrogen and oxygen atoms in total. The largest absolute Gasteiger partial charge is 0.346 e. The molecule has 0 spiro atoms. The normalized spacial score (nSPS) is 16.1. The van der Waals surface area contributed by atoms with Crippen molar-refractivity contribution in [3.8, 4) is 0 Å². The summed E-state index contributed by atoms with van der Waals surface area (Å²) in [6.07, 6.45) is 0.333. The van der Waals surface area contributed by atoms with Gasteiger partial charge in [0.15, 0.2) is 0 Å². The number of hydrogen-bond acceptors (Lipinski definition) is 4. The number of benzene rings is 3. The van der Waals surface area contributed by atoms with Crippen LogP contribution in [-0.2, 0) is 23.1 Å². The number of nitrogens with zero attached hydrogens (tertiary/aromatic N) is 2. The number of aromatic nitrogens is 2. The van der Waals surface area contributed by atoms with Crippen LogP contribution in [0, 0.1) is 0 Å². The maximum Gasteiger partial charge on any atom is 0.254 e. The number of aryl methyl sites for hydroxylation is 1. The van der Waals surface area contributed by atoms with Gasteiger partial charge in [-0.05, 0) is 36.2 Å². The van der Waals surface area contributed by atoms with Crippen LogP contribution in [0.3, 0.4) is 0 Å². The first-order chi connectivity index (χ1) is 17.0. The lowest BCUT2D eigenvalue weighted by Gasteiger charge is -2.21. The van der Waals surface area contributed by atoms with Crippen LogP contribution in [0.25, 0.3) is 11.0 Å². The predicted molar refractivity (Wildman–Crippen MR) is 133 cm³/mol. The zero-order valence-electron chi connectivity index (χ0n) is 19.2. The second-order valence-electron chi connectivity index (χ2n) is 8.59. The fourth-order valence-electron chi connectivity index (χ4n) is 4.43. The average Bonchev–Trinajstić information content (AvgIpc) is 3.14. The fourth-order valence-corrected chi connectivity index (χ4v) is 4.43. The van der Waals surface area contributed by atoms with Gasteiger partial charge in [-0.2, -0.15) is 0 Å². The zero-order valence-corrected chi connectivity index (χ0v) is 19.2. The topological polar surface area (TPSA) is 105 Å². The highest BCUT2D eigenvalue weighted by Gasteiger charge is 2.30. The van der Waals surface area contributed by atoms with E-state index >= 15 is 0 Å². The highest BCUT2D eigenvalue weighted by atomic mass is 16.2. The van der Waals surface area contributed by atoms with E-state index in [1.54, 1.807) is 24.3 Å². The molecule has 176 valence electrons. The standard InChI is InChI=1S/C27H25N5O3/c1-32-23-14-8-7-13-20(23)29-25(32)21(15-17-9-3-2-4-10-17)28-24(33)16-22-27(35)30-19-12-6-5-11-18(19)26(34)31-22/h2-14,21-22H,15-16H2,1H3,(H,28,33)(H,30,35)(H,31,34). The first-order valence-electron chi connectivity index (χ1n) is 11.4. The highest BCUT2D eigenvalue weighted by molar-refractivity contribution is 6.10. The molecule has 35 heavy (non-hydrogen) atoms. The summed E-state index contributed by atoms with van der Waals surface area (Å²) in [5.41, 5.74) is 3.64. The Hall–Kier alpha value is -4.46. The quantitative estimate of drug-likeness (QED) is 0.405. The Balaban J connectivity index is 1.38. The van der Waals surface area contributed by atoms with E-state index in [1.165, 1.54) is 0 Å². The Morgan fingerprint density at radius 1 is 1.00 bits per heavy atom. The van der Waals surface area contributed by atoms with Gasteiger partial charge in [0.2, 0.25) is 11.8 Å². The summed E-state index contributed by atoms with van der Waals surface area (Å²) in [5, 5.41) is 8.47. The maximum absolute atomic E-state index is 13.2. The summed E-state index contributed by atoms with van der Waals surface area (Å²) in [6.45, 7) is 0. The molecule has 2 atom stereocenters. The SMILES string of the molecule is Cn1c(C(Cc2ccccc2)NC(=O)CC2NC(=O)c3ccccc3NC2=O)nc2ccccc21. The van der Waals surface area contributed by atoms with Crippen molar-refractivity contribution in [2.45, 2.75) is 24.9 Å². The van der Waals surface area contributed by atoms with Crippen LogP contribution in [0.2, 0.25) is 0 Å². The summed E-state index contributed by atoms with van der Waals surface area (Å²) in [5.74, 6) is -0.469. The number of nitrogens with one attached hydrogen (secondary N) is 3. The molecular formula is C27H25N5O3. The smallest absolute Gasteiger partial charge is 0.254 e. The number of imidazole rings is 1. The number of hydrogen-bond donors (Lipinski definition) is 3. The summed E-state index contributed by atoms with van der Waals surface area (Å²) >= 11 is 0. The lowest BCUT2D eigenvalue weighted by Crippen LogP contribution is -2.45. The van der Waals surface area contributed by atoms with Gasteiger partial charge >= 0.3 is 0 Å². The predicted octanol–water partition coefficient (Wildman–Crippen LogP) is 3.11. The van der Waals surface area contributed by atoms with Gasteiger partial charge in [-0.25, -0.2) is 4.98 Å². The number of amides is 3. The van der Waals surface area contributed by atoms with Crippen molar-refractivity contribution in [1.29, 1.82) is 0 Å². The molecule has 5 rings (SSSR count). The summed E-state index contributed by atoms with van der Waals surface area (Å²) < 4.78 is 1.97. The third-order valence-corrected chi connectivity index (χ3v) is 6.19. The minimum atomic E-state index is -0.993. The van der Waals surface area contributed by atoms with Crippen molar-refractivity contribution in [2.24, 2.45) is 7.05 Å². The van der Waals surface area contributed by atoms with E-state index in [4.69, 9.17) is 4.98 Å². The molecule has 3 amide bonds. The molecule has 8 heteroatoms. The van der Waals surface area contributed by atoms with E-state index in [9.17, 15) is 14.4 Å². The number of anilines is 1. The Morgan fingerprint density at radius 3 is 2.51 bits per heavy atom. The summed E-state index contributed by atoms with van der Waals surface area (Å²) in [6, 6.07) is 23.0. The Bertz CT molecular complexity index is 1410. The zero-order chi connectivity index (χ0) is 24.4. The van der Waals surface area contributed by atoms with Crippen molar-refractivity contribution in [3.63, 3.8) is 0 Å². The van der Waals surface area contributed by atoms with E-state index in [1.807, 2.05) is 66.2 Å². The van der Waals surface area contributed by atoms with Crippen LogP contribution < -0.4 is 16.0 Å². The highest BCUT2D eigenvalue weighted by Crippen LogP contribution is 2.23. The second kappa shape index (κ2) is 9.42. The molecule has 4 aromatic rings. The third kappa shape index (κ3) is 4.63. The van der Waals surface area contributed by atoms with Crippen molar-refractivity contribution < 1.29 is 14.4 Å². The first kappa shape index (κ1) is 22.3. The average molecular weight is 468 g/mol. The second-order valence-corrected chi connectivity index (χ2v) is 8.59. The van der Waals surface area contributed by atoms with Crippen LogP contribution in [-0.4, -0.2) is 33.3 Å². The van der Waals surface area contributed by atoms with Crippen LogP contribution in [0.4, 0.5) is 5.69 Å². The van der Waals surface area contributed by atoms with Crippen LogP contribution >= 0.6 is 0 Å². The Labute approximate surface area is 202 Å². The molecule has 0 fully saturated rings. The van der Waals surface area contributed by atoms with Gasteiger partial charge in [-0.3, -0.25) is 14.4 Å². The molecule has 0 radical (unpaired) electrons.